The summed E-state index contributed by atoms with van der Waals surface area (Å²) in [5.74, 6) is -0.737. The summed E-state index contributed by atoms with van der Waals surface area (Å²) in [5.41, 5.74) is 1.48. The molecule has 0 bridgehead atoms. The maximum absolute atomic E-state index is 13.5. The van der Waals surface area contributed by atoms with Crippen LogP contribution < -0.4 is 4.90 Å². The third-order valence-electron chi connectivity index (χ3n) is 3.05. The second-order valence-corrected chi connectivity index (χ2v) is 4.58. The van der Waals surface area contributed by atoms with Crippen LogP contribution >= 0.6 is 0 Å². The standard InChI is InChI=1S/C17H17FN2O/c1-3-11-19-16-10-9-13(18)12-15(16)17(21)20(2)14-7-5-4-6-8-14/h4-12H,3H2,1-2H3/b19-11+. The molecule has 0 heterocycles. The smallest absolute Gasteiger partial charge is 0.260 e. The van der Waals surface area contributed by atoms with Gasteiger partial charge < -0.3 is 4.90 Å². The van der Waals surface area contributed by atoms with Crippen molar-refractivity contribution in [3.05, 3.63) is 59.9 Å². The van der Waals surface area contributed by atoms with Gasteiger partial charge >= 0.3 is 0 Å². The number of anilines is 1. The lowest BCUT2D eigenvalue weighted by molar-refractivity contribution is 0.0993. The number of rotatable bonds is 4. The van der Waals surface area contributed by atoms with Crippen LogP contribution in [-0.2, 0) is 0 Å². The van der Waals surface area contributed by atoms with E-state index in [-0.39, 0.29) is 11.5 Å². The number of amides is 1. The number of aliphatic imine (C=N–C) groups is 1. The Morgan fingerprint density at radius 3 is 2.62 bits per heavy atom. The van der Waals surface area contributed by atoms with E-state index in [2.05, 4.69) is 4.99 Å². The molecule has 0 spiro atoms. The van der Waals surface area contributed by atoms with Gasteiger partial charge in [-0.15, -0.1) is 0 Å². The summed E-state index contributed by atoms with van der Waals surface area (Å²) >= 11 is 0. The van der Waals surface area contributed by atoms with E-state index >= 15 is 0 Å². The van der Waals surface area contributed by atoms with Gasteiger partial charge in [0.05, 0.1) is 11.3 Å². The van der Waals surface area contributed by atoms with Gasteiger partial charge in [-0.3, -0.25) is 9.79 Å². The van der Waals surface area contributed by atoms with Crippen LogP contribution in [0.3, 0.4) is 0 Å². The van der Waals surface area contributed by atoms with Crippen LogP contribution in [0.5, 0.6) is 0 Å². The van der Waals surface area contributed by atoms with Crippen LogP contribution in [0.25, 0.3) is 0 Å². The van der Waals surface area contributed by atoms with Crippen molar-refractivity contribution in [2.45, 2.75) is 13.3 Å². The quantitative estimate of drug-likeness (QED) is 0.774. The highest BCUT2D eigenvalue weighted by Crippen LogP contribution is 2.24. The lowest BCUT2D eigenvalue weighted by Gasteiger charge is -2.18. The maximum atomic E-state index is 13.5. The molecule has 21 heavy (non-hydrogen) atoms. The third-order valence-corrected chi connectivity index (χ3v) is 3.05. The minimum atomic E-state index is -0.449. The molecule has 0 unspecified atom stereocenters. The minimum Gasteiger partial charge on any atom is -0.311 e. The summed E-state index contributed by atoms with van der Waals surface area (Å²) in [4.78, 5) is 18.3. The molecule has 0 saturated heterocycles. The van der Waals surface area contributed by atoms with Crippen molar-refractivity contribution in [2.24, 2.45) is 4.99 Å². The average Bonchev–Trinajstić information content (AvgIpc) is 2.53. The lowest BCUT2D eigenvalue weighted by Crippen LogP contribution is -2.26. The Morgan fingerprint density at radius 2 is 1.95 bits per heavy atom. The van der Waals surface area contributed by atoms with Gasteiger partial charge in [-0.1, -0.05) is 25.1 Å². The summed E-state index contributed by atoms with van der Waals surface area (Å²) in [6, 6.07) is 13.3. The molecule has 2 aromatic rings. The molecule has 0 radical (unpaired) electrons. The van der Waals surface area contributed by atoms with Crippen molar-refractivity contribution >= 4 is 23.5 Å². The van der Waals surface area contributed by atoms with E-state index < -0.39 is 5.82 Å². The fourth-order valence-corrected chi connectivity index (χ4v) is 1.93. The van der Waals surface area contributed by atoms with Gasteiger partial charge in [0.15, 0.2) is 0 Å². The van der Waals surface area contributed by atoms with E-state index in [9.17, 15) is 9.18 Å². The molecule has 0 aliphatic rings. The number of nitrogens with zero attached hydrogens (tertiary/aromatic N) is 2. The maximum Gasteiger partial charge on any atom is 0.260 e. The normalized spacial score (nSPS) is 10.8. The number of para-hydroxylation sites is 1. The summed E-state index contributed by atoms with van der Waals surface area (Å²) in [5, 5.41) is 0. The molecule has 2 rings (SSSR count). The zero-order valence-corrected chi connectivity index (χ0v) is 12.1. The largest absolute Gasteiger partial charge is 0.311 e. The average molecular weight is 284 g/mol. The number of hydrogen-bond acceptors (Lipinski definition) is 2. The fraction of sp³-hybridized carbons (Fsp3) is 0.176. The Labute approximate surface area is 123 Å². The van der Waals surface area contributed by atoms with E-state index in [1.54, 1.807) is 13.3 Å². The monoisotopic (exact) mass is 284 g/mol. The van der Waals surface area contributed by atoms with Crippen LogP contribution in [0.4, 0.5) is 15.8 Å². The van der Waals surface area contributed by atoms with Crippen molar-refractivity contribution < 1.29 is 9.18 Å². The van der Waals surface area contributed by atoms with Crippen LogP contribution in [0.15, 0.2) is 53.5 Å². The van der Waals surface area contributed by atoms with Gasteiger partial charge in [-0.05, 0) is 36.8 Å². The first-order chi connectivity index (χ1) is 10.1. The summed E-state index contributed by atoms with van der Waals surface area (Å²) in [7, 11) is 1.66. The van der Waals surface area contributed by atoms with E-state index in [1.165, 1.54) is 23.1 Å². The predicted octanol–water partition coefficient (Wildman–Crippen LogP) is 4.21. The van der Waals surface area contributed by atoms with Crippen LogP contribution in [-0.4, -0.2) is 19.2 Å². The van der Waals surface area contributed by atoms with Crippen LogP contribution in [0.1, 0.15) is 23.7 Å². The predicted molar refractivity (Wildman–Crippen MR) is 84.0 cm³/mol. The highest BCUT2D eigenvalue weighted by atomic mass is 19.1. The molecular weight excluding hydrogens is 267 g/mol. The van der Waals surface area contributed by atoms with E-state index in [4.69, 9.17) is 0 Å². The Bertz CT molecular complexity index is 653. The molecule has 0 atom stereocenters. The first-order valence-corrected chi connectivity index (χ1v) is 6.78. The van der Waals surface area contributed by atoms with Crippen LogP contribution in [0, 0.1) is 5.82 Å². The van der Waals surface area contributed by atoms with Crippen LogP contribution in [0.2, 0.25) is 0 Å². The minimum absolute atomic E-state index is 0.256. The van der Waals surface area contributed by atoms with Gasteiger partial charge in [0, 0.05) is 18.9 Å². The topological polar surface area (TPSA) is 32.7 Å². The van der Waals surface area contributed by atoms with Gasteiger partial charge in [0.1, 0.15) is 5.82 Å². The molecule has 0 aliphatic heterocycles. The Kier molecular flexibility index (Phi) is 4.82. The fourth-order valence-electron chi connectivity index (χ4n) is 1.93. The van der Waals surface area contributed by atoms with Crippen molar-refractivity contribution in [2.75, 3.05) is 11.9 Å². The van der Waals surface area contributed by atoms with Gasteiger partial charge in [-0.2, -0.15) is 0 Å². The first kappa shape index (κ1) is 14.9. The van der Waals surface area contributed by atoms with Crippen molar-refractivity contribution in [3.63, 3.8) is 0 Å². The number of hydrogen-bond donors (Lipinski definition) is 0. The molecule has 0 aromatic heterocycles. The first-order valence-electron chi connectivity index (χ1n) is 6.78. The summed E-state index contributed by atoms with van der Waals surface area (Å²) < 4.78 is 13.5. The number of benzene rings is 2. The zero-order chi connectivity index (χ0) is 15.2. The Morgan fingerprint density at radius 1 is 1.24 bits per heavy atom. The number of halogens is 1. The molecular formula is C17H17FN2O. The van der Waals surface area contributed by atoms with Crippen molar-refractivity contribution in [3.8, 4) is 0 Å². The summed E-state index contributed by atoms with van der Waals surface area (Å²) in [6.07, 6.45) is 2.45. The molecule has 0 aliphatic carbocycles. The molecule has 0 saturated carbocycles. The summed E-state index contributed by atoms with van der Waals surface area (Å²) in [6.45, 7) is 1.95. The molecule has 2 aromatic carbocycles. The Hall–Kier alpha value is -2.49. The molecule has 4 heteroatoms. The molecule has 3 nitrogen and oxygen atoms in total. The Balaban J connectivity index is 2.38. The lowest BCUT2D eigenvalue weighted by atomic mass is 10.1. The second kappa shape index (κ2) is 6.79. The van der Waals surface area contributed by atoms with E-state index in [0.29, 0.717) is 5.69 Å². The molecule has 0 fully saturated rings. The van der Waals surface area contributed by atoms with Crippen molar-refractivity contribution in [1.82, 2.24) is 0 Å². The highest BCUT2D eigenvalue weighted by molar-refractivity contribution is 6.09. The molecule has 108 valence electrons. The number of carbonyl (C=O) groups is 1. The van der Waals surface area contributed by atoms with Gasteiger partial charge in [0.2, 0.25) is 0 Å². The highest BCUT2D eigenvalue weighted by Gasteiger charge is 2.17. The van der Waals surface area contributed by atoms with E-state index in [0.717, 1.165) is 12.1 Å². The van der Waals surface area contributed by atoms with E-state index in [1.807, 2.05) is 37.3 Å². The molecule has 0 N–H and O–H groups in total. The second-order valence-electron chi connectivity index (χ2n) is 4.58. The molecule has 1 amide bonds. The SMILES string of the molecule is CC/C=N/c1ccc(F)cc1C(=O)N(C)c1ccccc1. The third kappa shape index (κ3) is 3.54. The van der Waals surface area contributed by atoms with Crippen molar-refractivity contribution in [1.29, 1.82) is 0 Å². The number of carbonyl (C=O) groups excluding carboxylic acids is 1. The van der Waals surface area contributed by atoms with Gasteiger partial charge in [0.25, 0.3) is 5.91 Å². The zero-order valence-electron chi connectivity index (χ0n) is 12.1. The van der Waals surface area contributed by atoms with Gasteiger partial charge in [-0.25, -0.2) is 4.39 Å².